The van der Waals surface area contributed by atoms with Crippen LogP contribution >= 0.6 is 0 Å². The lowest BCUT2D eigenvalue weighted by atomic mass is 9.89. The second kappa shape index (κ2) is 7.73. The highest BCUT2D eigenvalue weighted by molar-refractivity contribution is 6.08. The number of methoxy groups -OCH3 is 1. The molecular weight excluding hydrogens is 386 g/mol. The van der Waals surface area contributed by atoms with Crippen LogP contribution in [0.1, 0.15) is 27.4 Å². The molecule has 0 saturated carbocycles. The van der Waals surface area contributed by atoms with Gasteiger partial charge in [-0.05, 0) is 39.1 Å². The Morgan fingerprint density at radius 1 is 0.774 bits per heavy atom. The zero-order valence-electron chi connectivity index (χ0n) is 17.0. The predicted molar refractivity (Wildman–Crippen MR) is 121 cm³/mol. The van der Waals surface area contributed by atoms with E-state index in [0.717, 1.165) is 33.0 Å². The molecule has 0 heterocycles. The van der Waals surface area contributed by atoms with Crippen LogP contribution in [0.3, 0.4) is 0 Å². The van der Waals surface area contributed by atoms with Crippen molar-refractivity contribution in [3.8, 4) is 11.1 Å². The molecule has 0 bridgehead atoms. The van der Waals surface area contributed by atoms with Crippen molar-refractivity contribution in [2.45, 2.75) is 12.0 Å². The standard InChI is InChI=1S/C27H21NO3/c1-31-27(30)25(28-26(29)23-16-8-10-17-9-2-3-11-18(17)23)24-21-14-6-4-12-19(21)20-13-5-7-15-22(20)24/h2-16,24-25H,1H3,(H,28,29)/t25-/m0/s1. The molecule has 0 spiro atoms. The molecule has 0 fully saturated rings. The van der Waals surface area contributed by atoms with Crippen molar-refractivity contribution in [3.63, 3.8) is 0 Å². The van der Waals surface area contributed by atoms with Gasteiger partial charge in [-0.1, -0.05) is 84.9 Å². The number of carbonyl (C=O) groups excluding carboxylic acids is 2. The maximum atomic E-state index is 13.4. The molecule has 0 saturated heterocycles. The summed E-state index contributed by atoms with van der Waals surface area (Å²) in [5.74, 6) is -1.09. The maximum Gasteiger partial charge on any atom is 0.329 e. The third-order valence-electron chi connectivity index (χ3n) is 5.99. The summed E-state index contributed by atoms with van der Waals surface area (Å²) < 4.78 is 5.13. The summed E-state index contributed by atoms with van der Waals surface area (Å²) >= 11 is 0. The van der Waals surface area contributed by atoms with Crippen molar-refractivity contribution in [1.82, 2.24) is 5.32 Å². The minimum absolute atomic E-state index is 0.297. The van der Waals surface area contributed by atoms with Gasteiger partial charge in [0.15, 0.2) is 0 Å². The normalized spacial score (nSPS) is 13.3. The summed E-state index contributed by atoms with van der Waals surface area (Å²) in [5, 5.41) is 4.81. The molecule has 4 aromatic carbocycles. The molecule has 5 rings (SSSR count). The van der Waals surface area contributed by atoms with Crippen molar-refractivity contribution in [2.24, 2.45) is 0 Å². The quantitative estimate of drug-likeness (QED) is 0.489. The number of carbonyl (C=O) groups is 2. The first kappa shape index (κ1) is 19.1. The highest BCUT2D eigenvalue weighted by atomic mass is 16.5. The average molecular weight is 407 g/mol. The van der Waals surface area contributed by atoms with Crippen molar-refractivity contribution < 1.29 is 14.3 Å². The van der Waals surface area contributed by atoms with E-state index in [2.05, 4.69) is 17.4 Å². The van der Waals surface area contributed by atoms with Crippen LogP contribution in [0.25, 0.3) is 21.9 Å². The van der Waals surface area contributed by atoms with Gasteiger partial charge in [-0.2, -0.15) is 0 Å². The Hall–Kier alpha value is -3.92. The Labute approximate surface area is 180 Å². The maximum absolute atomic E-state index is 13.4. The fraction of sp³-hybridized carbons (Fsp3) is 0.111. The van der Waals surface area contributed by atoms with Crippen LogP contribution in [0.5, 0.6) is 0 Å². The Bertz CT molecular complexity index is 1260. The van der Waals surface area contributed by atoms with E-state index in [1.165, 1.54) is 7.11 Å². The molecule has 4 nitrogen and oxygen atoms in total. The van der Waals surface area contributed by atoms with Gasteiger partial charge >= 0.3 is 5.97 Å². The first-order chi connectivity index (χ1) is 15.2. The Morgan fingerprint density at radius 3 is 2.03 bits per heavy atom. The summed E-state index contributed by atoms with van der Waals surface area (Å²) in [4.78, 5) is 26.3. The largest absolute Gasteiger partial charge is 0.467 e. The Kier molecular flexibility index (Phi) is 4.75. The molecule has 0 radical (unpaired) electrons. The fourth-order valence-corrected chi connectivity index (χ4v) is 4.60. The minimum Gasteiger partial charge on any atom is -0.467 e. The molecule has 4 heteroatoms. The lowest BCUT2D eigenvalue weighted by Gasteiger charge is -2.25. The molecule has 152 valence electrons. The van der Waals surface area contributed by atoms with E-state index in [9.17, 15) is 9.59 Å². The van der Waals surface area contributed by atoms with Crippen LogP contribution in [-0.4, -0.2) is 25.0 Å². The van der Waals surface area contributed by atoms with Gasteiger partial charge in [-0.3, -0.25) is 4.79 Å². The number of amides is 1. The van der Waals surface area contributed by atoms with Gasteiger partial charge in [0.05, 0.1) is 7.11 Å². The smallest absolute Gasteiger partial charge is 0.329 e. The SMILES string of the molecule is COC(=O)[C@@H](NC(=O)c1cccc2ccccc12)C1c2ccccc2-c2ccccc21. The number of fused-ring (bicyclic) bond motifs is 4. The first-order valence-corrected chi connectivity index (χ1v) is 10.2. The summed E-state index contributed by atoms with van der Waals surface area (Å²) in [6, 6.07) is 28.5. The number of esters is 1. The molecule has 0 aromatic heterocycles. The van der Waals surface area contributed by atoms with E-state index in [4.69, 9.17) is 4.74 Å². The molecule has 1 amide bonds. The van der Waals surface area contributed by atoms with Crippen molar-refractivity contribution in [3.05, 3.63) is 108 Å². The Morgan fingerprint density at radius 2 is 1.35 bits per heavy atom. The molecule has 1 aliphatic rings. The lowest BCUT2D eigenvalue weighted by molar-refractivity contribution is -0.143. The van der Waals surface area contributed by atoms with Crippen LogP contribution in [0.2, 0.25) is 0 Å². The molecule has 1 N–H and O–H groups in total. The average Bonchev–Trinajstić information content (AvgIpc) is 3.16. The number of hydrogen-bond donors (Lipinski definition) is 1. The zero-order valence-corrected chi connectivity index (χ0v) is 17.0. The predicted octanol–water partition coefficient (Wildman–Crippen LogP) is 4.92. The van der Waals surface area contributed by atoms with Gasteiger partial charge in [0, 0.05) is 11.5 Å². The minimum atomic E-state index is -0.846. The fourth-order valence-electron chi connectivity index (χ4n) is 4.60. The van der Waals surface area contributed by atoms with Gasteiger partial charge in [-0.15, -0.1) is 0 Å². The number of hydrogen-bond acceptors (Lipinski definition) is 3. The number of rotatable bonds is 4. The molecule has 0 unspecified atom stereocenters. The van der Waals surface area contributed by atoms with Crippen molar-refractivity contribution >= 4 is 22.6 Å². The lowest BCUT2D eigenvalue weighted by Crippen LogP contribution is -2.45. The van der Waals surface area contributed by atoms with E-state index in [-0.39, 0.29) is 11.8 Å². The Balaban J connectivity index is 1.59. The topological polar surface area (TPSA) is 55.4 Å². The summed E-state index contributed by atoms with van der Waals surface area (Å²) in [6.07, 6.45) is 0. The van der Waals surface area contributed by atoms with Crippen LogP contribution in [0, 0.1) is 0 Å². The summed E-state index contributed by atoms with van der Waals surface area (Å²) in [7, 11) is 1.35. The molecule has 1 aliphatic carbocycles. The van der Waals surface area contributed by atoms with Crippen LogP contribution in [0.15, 0.2) is 91.0 Å². The zero-order chi connectivity index (χ0) is 21.4. The number of benzene rings is 4. The number of ether oxygens (including phenoxy) is 1. The van der Waals surface area contributed by atoms with E-state index < -0.39 is 12.0 Å². The first-order valence-electron chi connectivity index (χ1n) is 10.2. The van der Waals surface area contributed by atoms with Crippen molar-refractivity contribution in [2.75, 3.05) is 7.11 Å². The molecular formula is C27H21NO3. The van der Waals surface area contributed by atoms with Crippen LogP contribution in [0.4, 0.5) is 0 Å². The molecule has 1 atom stereocenters. The van der Waals surface area contributed by atoms with Crippen molar-refractivity contribution in [1.29, 1.82) is 0 Å². The van der Waals surface area contributed by atoms with E-state index in [0.29, 0.717) is 5.56 Å². The van der Waals surface area contributed by atoms with Crippen LogP contribution < -0.4 is 5.32 Å². The number of nitrogens with one attached hydrogen (secondary N) is 1. The molecule has 4 aromatic rings. The van der Waals surface area contributed by atoms with E-state index in [1.807, 2.05) is 72.8 Å². The van der Waals surface area contributed by atoms with Gasteiger partial charge < -0.3 is 10.1 Å². The second-order valence-corrected chi connectivity index (χ2v) is 7.65. The van der Waals surface area contributed by atoms with Gasteiger partial charge in [0.1, 0.15) is 6.04 Å². The van der Waals surface area contributed by atoms with Gasteiger partial charge in [0.25, 0.3) is 5.91 Å². The second-order valence-electron chi connectivity index (χ2n) is 7.65. The summed E-state index contributed by atoms with van der Waals surface area (Å²) in [5.41, 5.74) is 4.72. The van der Waals surface area contributed by atoms with E-state index >= 15 is 0 Å². The van der Waals surface area contributed by atoms with Gasteiger partial charge in [-0.25, -0.2) is 4.79 Å². The summed E-state index contributed by atoms with van der Waals surface area (Å²) in [6.45, 7) is 0. The highest BCUT2D eigenvalue weighted by Crippen LogP contribution is 2.46. The third kappa shape index (κ3) is 3.17. The third-order valence-corrected chi connectivity index (χ3v) is 5.99. The highest BCUT2D eigenvalue weighted by Gasteiger charge is 2.39. The molecule has 31 heavy (non-hydrogen) atoms. The van der Waals surface area contributed by atoms with Gasteiger partial charge in [0.2, 0.25) is 0 Å². The van der Waals surface area contributed by atoms with E-state index in [1.54, 1.807) is 6.07 Å². The monoisotopic (exact) mass is 407 g/mol. The van der Waals surface area contributed by atoms with Crippen LogP contribution in [-0.2, 0) is 9.53 Å². The molecule has 0 aliphatic heterocycles.